The molecular weight excluding hydrogens is 272 g/mol. The summed E-state index contributed by atoms with van der Waals surface area (Å²) in [7, 11) is 1.29. The van der Waals surface area contributed by atoms with Crippen LogP contribution in [-0.4, -0.2) is 18.2 Å². The van der Waals surface area contributed by atoms with E-state index in [1.54, 1.807) is 12.1 Å². The van der Waals surface area contributed by atoms with Gasteiger partial charge in [0.15, 0.2) is 0 Å². The summed E-state index contributed by atoms with van der Waals surface area (Å²) in [6, 6.07) is 8.76. The zero-order valence-corrected chi connectivity index (χ0v) is 10.1. The molecule has 0 unspecified atom stereocenters. The molecule has 4 heteroatoms. The first-order chi connectivity index (χ1) is 7.63. The molecule has 3 nitrogen and oxygen atoms in total. The Morgan fingerprint density at radius 1 is 1.31 bits per heavy atom. The van der Waals surface area contributed by atoms with Crippen LogP contribution in [0.3, 0.4) is 0 Å². The summed E-state index contributed by atoms with van der Waals surface area (Å²) < 4.78 is 5.49. The normalized spacial score (nSPS) is 10.4. The number of esters is 1. The SMILES string of the molecule is COC(=O)c1c(O)ccc2ccc(Br)cc12. The Morgan fingerprint density at radius 3 is 2.69 bits per heavy atom. The van der Waals surface area contributed by atoms with Gasteiger partial charge in [-0.15, -0.1) is 0 Å². The van der Waals surface area contributed by atoms with Crippen LogP contribution in [0.2, 0.25) is 0 Å². The van der Waals surface area contributed by atoms with Gasteiger partial charge in [-0.1, -0.05) is 28.1 Å². The predicted octanol–water partition coefficient (Wildman–Crippen LogP) is 3.09. The van der Waals surface area contributed by atoms with Gasteiger partial charge in [-0.25, -0.2) is 4.79 Å². The molecule has 0 amide bonds. The van der Waals surface area contributed by atoms with Crippen LogP contribution in [0, 0.1) is 0 Å². The molecule has 2 aromatic rings. The van der Waals surface area contributed by atoms with Crippen LogP contribution >= 0.6 is 15.9 Å². The molecule has 0 bridgehead atoms. The van der Waals surface area contributed by atoms with Gasteiger partial charge in [0.25, 0.3) is 0 Å². The Bertz CT molecular complexity index is 558. The lowest BCUT2D eigenvalue weighted by Crippen LogP contribution is -2.02. The molecule has 0 spiro atoms. The standard InChI is InChI=1S/C12H9BrO3/c1-16-12(15)11-9-6-8(13)4-2-7(9)3-5-10(11)14/h2-6,14H,1H3. The van der Waals surface area contributed by atoms with Crippen LogP contribution in [0.1, 0.15) is 10.4 Å². The number of hydrogen-bond acceptors (Lipinski definition) is 3. The van der Waals surface area contributed by atoms with Crippen LogP contribution in [0.25, 0.3) is 10.8 Å². The van der Waals surface area contributed by atoms with E-state index in [0.717, 1.165) is 9.86 Å². The number of hydrogen-bond donors (Lipinski definition) is 1. The van der Waals surface area contributed by atoms with Crippen molar-refractivity contribution in [3.63, 3.8) is 0 Å². The van der Waals surface area contributed by atoms with E-state index in [2.05, 4.69) is 20.7 Å². The summed E-state index contributed by atoms with van der Waals surface area (Å²) in [5.41, 5.74) is 0.196. The Hall–Kier alpha value is -1.55. The number of methoxy groups -OCH3 is 1. The molecule has 0 saturated heterocycles. The number of fused-ring (bicyclic) bond motifs is 1. The minimum Gasteiger partial charge on any atom is -0.507 e. The first-order valence-corrected chi connectivity index (χ1v) is 5.42. The van der Waals surface area contributed by atoms with Gasteiger partial charge in [-0.05, 0) is 23.6 Å². The van der Waals surface area contributed by atoms with Gasteiger partial charge in [-0.3, -0.25) is 0 Å². The number of phenols is 1. The van der Waals surface area contributed by atoms with Gasteiger partial charge in [0.05, 0.1) is 7.11 Å². The number of carbonyl (C=O) groups excluding carboxylic acids is 1. The fourth-order valence-electron chi connectivity index (χ4n) is 1.60. The maximum Gasteiger partial charge on any atom is 0.342 e. The number of halogens is 1. The number of ether oxygens (including phenoxy) is 1. The van der Waals surface area contributed by atoms with Crippen molar-refractivity contribution in [1.29, 1.82) is 0 Å². The second-order valence-corrected chi connectivity index (χ2v) is 4.23. The molecule has 0 aromatic heterocycles. The number of rotatable bonds is 1. The highest BCUT2D eigenvalue weighted by Gasteiger charge is 2.15. The van der Waals surface area contributed by atoms with Gasteiger partial charge < -0.3 is 9.84 Å². The van der Waals surface area contributed by atoms with E-state index in [1.807, 2.05) is 12.1 Å². The summed E-state index contributed by atoms with van der Waals surface area (Å²) in [6.45, 7) is 0. The van der Waals surface area contributed by atoms with Crippen LogP contribution in [0.4, 0.5) is 0 Å². The molecular formula is C12H9BrO3. The second kappa shape index (κ2) is 4.14. The van der Waals surface area contributed by atoms with Crippen molar-refractivity contribution >= 4 is 32.7 Å². The molecule has 16 heavy (non-hydrogen) atoms. The summed E-state index contributed by atoms with van der Waals surface area (Å²) in [5, 5.41) is 11.2. The maximum atomic E-state index is 11.6. The van der Waals surface area contributed by atoms with Gasteiger partial charge in [0, 0.05) is 9.86 Å². The number of carbonyl (C=O) groups is 1. The smallest absolute Gasteiger partial charge is 0.342 e. The van der Waals surface area contributed by atoms with Crippen molar-refractivity contribution in [3.8, 4) is 5.75 Å². The minimum absolute atomic E-state index is 0.0718. The van der Waals surface area contributed by atoms with Crippen molar-refractivity contribution in [2.45, 2.75) is 0 Å². The number of aromatic hydroxyl groups is 1. The molecule has 0 radical (unpaired) electrons. The lowest BCUT2D eigenvalue weighted by atomic mass is 10.0. The van der Waals surface area contributed by atoms with Crippen molar-refractivity contribution in [2.75, 3.05) is 7.11 Å². The van der Waals surface area contributed by atoms with Gasteiger partial charge in [0.1, 0.15) is 11.3 Å². The zero-order chi connectivity index (χ0) is 11.7. The van der Waals surface area contributed by atoms with Crippen molar-refractivity contribution in [3.05, 3.63) is 40.4 Å². The van der Waals surface area contributed by atoms with Crippen molar-refractivity contribution < 1.29 is 14.6 Å². The Balaban J connectivity index is 2.82. The summed E-state index contributed by atoms with van der Waals surface area (Å²) in [4.78, 5) is 11.6. The molecule has 2 aromatic carbocycles. The molecule has 0 atom stereocenters. The maximum absolute atomic E-state index is 11.6. The quantitative estimate of drug-likeness (QED) is 0.817. The fourth-order valence-corrected chi connectivity index (χ4v) is 1.96. The fraction of sp³-hybridized carbons (Fsp3) is 0.0833. The van der Waals surface area contributed by atoms with E-state index >= 15 is 0 Å². The first-order valence-electron chi connectivity index (χ1n) is 4.63. The molecule has 0 aliphatic carbocycles. The highest BCUT2D eigenvalue weighted by molar-refractivity contribution is 9.10. The lowest BCUT2D eigenvalue weighted by molar-refractivity contribution is 0.0600. The van der Waals surface area contributed by atoms with E-state index < -0.39 is 5.97 Å². The molecule has 82 valence electrons. The third kappa shape index (κ3) is 1.76. The zero-order valence-electron chi connectivity index (χ0n) is 8.53. The largest absolute Gasteiger partial charge is 0.507 e. The monoisotopic (exact) mass is 280 g/mol. The van der Waals surface area contributed by atoms with E-state index in [4.69, 9.17) is 0 Å². The van der Waals surface area contributed by atoms with E-state index in [1.165, 1.54) is 13.2 Å². The van der Waals surface area contributed by atoms with E-state index in [0.29, 0.717) is 5.39 Å². The van der Waals surface area contributed by atoms with E-state index in [-0.39, 0.29) is 11.3 Å². The van der Waals surface area contributed by atoms with E-state index in [9.17, 15) is 9.90 Å². The Kier molecular flexibility index (Phi) is 2.83. The second-order valence-electron chi connectivity index (χ2n) is 3.32. The third-order valence-electron chi connectivity index (χ3n) is 2.35. The van der Waals surface area contributed by atoms with Gasteiger partial charge in [-0.2, -0.15) is 0 Å². The molecule has 0 aliphatic heterocycles. The van der Waals surface area contributed by atoms with Crippen LogP contribution in [0.5, 0.6) is 5.75 Å². The van der Waals surface area contributed by atoms with Gasteiger partial charge >= 0.3 is 5.97 Å². The number of phenolic OH excluding ortho intramolecular Hbond substituents is 1. The summed E-state index contributed by atoms with van der Waals surface area (Å²) in [6.07, 6.45) is 0. The lowest BCUT2D eigenvalue weighted by Gasteiger charge is -2.07. The average Bonchev–Trinajstić information content (AvgIpc) is 2.28. The van der Waals surface area contributed by atoms with Crippen molar-refractivity contribution in [1.82, 2.24) is 0 Å². The molecule has 0 fully saturated rings. The molecule has 2 rings (SSSR count). The minimum atomic E-state index is -0.541. The predicted molar refractivity (Wildman–Crippen MR) is 64.7 cm³/mol. The Morgan fingerprint density at radius 2 is 2.00 bits per heavy atom. The summed E-state index contributed by atoms with van der Waals surface area (Å²) in [5.74, 6) is -0.612. The highest BCUT2D eigenvalue weighted by Crippen LogP contribution is 2.29. The molecule has 0 heterocycles. The molecule has 0 aliphatic rings. The topological polar surface area (TPSA) is 46.5 Å². The van der Waals surface area contributed by atoms with Crippen LogP contribution in [0.15, 0.2) is 34.8 Å². The summed E-state index contributed by atoms with van der Waals surface area (Å²) >= 11 is 3.33. The highest BCUT2D eigenvalue weighted by atomic mass is 79.9. The molecule has 0 saturated carbocycles. The first kappa shape index (κ1) is 11.0. The van der Waals surface area contributed by atoms with Crippen LogP contribution < -0.4 is 0 Å². The van der Waals surface area contributed by atoms with Crippen LogP contribution in [-0.2, 0) is 4.74 Å². The third-order valence-corrected chi connectivity index (χ3v) is 2.84. The molecule has 1 N–H and O–H groups in total. The number of benzene rings is 2. The average molecular weight is 281 g/mol. The van der Waals surface area contributed by atoms with Crippen molar-refractivity contribution in [2.24, 2.45) is 0 Å². The van der Waals surface area contributed by atoms with Gasteiger partial charge in [0.2, 0.25) is 0 Å². The Labute approximate surface area is 101 Å².